The second-order valence-corrected chi connectivity index (χ2v) is 8.57. The molecule has 3 aromatic rings. The van der Waals surface area contributed by atoms with Crippen molar-refractivity contribution in [2.45, 2.75) is 45.1 Å². The van der Waals surface area contributed by atoms with Crippen molar-refractivity contribution in [1.29, 1.82) is 0 Å². The number of aromatic nitrogens is 3. The number of carbonyl (C=O) groups is 1. The summed E-state index contributed by atoms with van der Waals surface area (Å²) in [5, 5.41) is 7.92. The van der Waals surface area contributed by atoms with E-state index in [1.165, 1.54) is 12.1 Å². The fraction of sp³-hybridized carbons (Fsp3) is 0.348. The van der Waals surface area contributed by atoms with Crippen LogP contribution in [0.4, 0.5) is 0 Å². The molecule has 0 radical (unpaired) electrons. The first-order valence-corrected chi connectivity index (χ1v) is 9.87. The van der Waals surface area contributed by atoms with Gasteiger partial charge in [-0.05, 0) is 56.7 Å². The second kappa shape index (κ2) is 6.03. The summed E-state index contributed by atoms with van der Waals surface area (Å²) in [7, 11) is 0. The number of amides is 1. The van der Waals surface area contributed by atoms with Gasteiger partial charge in [0, 0.05) is 17.7 Å². The minimum absolute atomic E-state index is 0.114. The molecule has 5 heteroatoms. The van der Waals surface area contributed by atoms with Crippen LogP contribution in [-0.2, 0) is 12.0 Å². The Balaban J connectivity index is 1.51. The zero-order chi connectivity index (χ0) is 19.5. The van der Waals surface area contributed by atoms with Gasteiger partial charge in [-0.2, -0.15) is 5.10 Å². The molecular formula is C23H24N4O. The number of fused-ring (bicyclic) bond motifs is 3. The van der Waals surface area contributed by atoms with E-state index in [0.717, 1.165) is 28.9 Å². The van der Waals surface area contributed by atoms with Crippen LogP contribution in [0.1, 0.15) is 59.1 Å². The summed E-state index contributed by atoms with van der Waals surface area (Å²) in [6.45, 7) is 6.07. The van der Waals surface area contributed by atoms with Gasteiger partial charge in [0.2, 0.25) is 0 Å². The van der Waals surface area contributed by atoms with E-state index in [-0.39, 0.29) is 5.91 Å². The summed E-state index contributed by atoms with van der Waals surface area (Å²) in [6, 6.07) is 14.1. The lowest BCUT2D eigenvalue weighted by atomic mass is 9.94. The first-order chi connectivity index (χ1) is 13.4. The lowest BCUT2D eigenvalue weighted by Crippen LogP contribution is -2.41. The van der Waals surface area contributed by atoms with Gasteiger partial charge < -0.3 is 5.32 Å². The summed E-state index contributed by atoms with van der Waals surface area (Å²) in [6.07, 6.45) is 3.99. The predicted molar refractivity (Wildman–Crippen MR) is 108 cm³/mol. The molecule has 2 atom stereocenters. The van der Waals surface area contributed by atoms with Crippen LogP contribution in [-0.4, -0.2) is 20.7 Å². The molecule has 0 bridgehead atoms. The standard InChI is InChI=1S/C23H24N4O/c1-14-9-10-19(24-13-14)27-21-17-11-15(17)12-18(21)20(26-27)22(28)25-23(2,3)16-7-5-4-6-8-16/h4-10,13,15,17H,11-12H2,1-3H3,(H,25,28)/t15-,17-/m1/s1. The van der Waals surface area contributed by atoms with E-state index < -0.39 is 5.54 Å². The number of benzene rings is 1. The largest absolute Gasteiger partial charge is 0.342 e. The zero-order valence-electron chi connectivity index (χ0n) is 16.4. The van der Waals surface area contributed by atoms with Gasteiger partial charge in [-0.15, -0.1) is 0 Å². The highest BCUT2D eigenvalue weighted by Gasteiger charge is 2.50. The minimum atomic E-state index is -0.474. The number of pyridine rings is 1. The minimum Gasteiger partial charge on any atom is -0.342 e. The Morgan fingerprint density at radius 2 is 1.96 bits per heavy atom. The van der Waals surface area contributed by atoms with Gasteiger partial charge in [-0.3, -0.25) is 4.79 Å². The van der Waals surface area contributed by atoms with Gasteiger partial charge in [0.1, 0.15) is 0 Å². The molecule has 2 aromatic heterocycles. The van der Waals surface area contributed by atoms with Gasteiger partial charge >= 0.3 is 0 Å². The van der Waals surface area contributed by atoms with Gasteiger partial charge in [0.15, 0.2) is 11.5 Å². The highest BCUT2D eigenvalue weighted by atomic mass is 16.2. The molecule has 1 amide bonds. The maximum absolute atomic E-state index is 13.2. The van der Waals surface area contributed by atoms with Crippen molar-refractivity contribution in [2.24, 2.45) is 5.92 Å². The Bertz CT molecular complexity index is 1050. The lowest BCUT2D eigenvalue weighted by molar-refractivity contribution is 0.0905. The third kappa shape index (κ3) is 2.73. The molecule has 1 saturated carbocycles. The fourth-order valence-electron chi connectivity index (χ4n) is 4.33. The summed E-state index contributed by atoms with van der Waals surface area (Å²) in [5.74, 6) is 1.86. The van der Waals surface area contributed by atoms with E-state index in [4.69, 9.17) is 5.10 Å². The molecule has 0 aliphatic heterocycles. The number of hydrogen-bond acceptors (Lipinski definition) is 3. The van der Waals surface area contributed by atoms with Crippen molar-refractivity contribution < 1.29 is 4.79 Å². The molecule has 0 spiro atoms. The summed E-state index contributed by atoms with van der Waals surface area (Å²) < 4.78 is 1.90. The third-order valence-corrected chi connectivity index (χ3v) is 6.01. The number of nitrogens with one attached hydrogen (secondary N) is 1. The van der Waals surface area contributed by atoms with Gasteiger partial charge in [0.05, 0.1) is 11.2 Å². The Morgan fingerprint density at radius 3 is 2.68 bits per heavy atom. The normalized spacial score (nSPS) is 19.8. The van der Waals surface area contributed by atoms with Crippen LogP contribution in [0.25, 0.3) is 5.82 Å². The van der Waals surface area contributed by atoms with Crippen LogP contribution in [0.5, 0.6) is 0 Å². The molecule has 2 aliphatic rings. The average Bonchev–Trinajstić information content (AvgIpc) is 3.18. The van der Waals surface area contributed by atoms with Crippen molar-refractivity contribution in [1.82, 2.24) is 20.1 Å². The maximum atomic E-state index is 13.2. The molecule has 1 N–H and O–H groups in total. The first-order valence-electron chi connectivity index (χ1n) is 9.87. The number of carbonyl (C=O) groups excluding carboxylic acids is 1. The Hall–Kier alpha value is -2.95. The molecule has 5 nitrogen and oxygen atoms in total. The molecule has 0 saturated heterocycles. The molecule has 0 unspecified atom stereocenters. The van der Waals surface area contributed by atoms with Crippen molar-refractivity contribution in [3.63, 3.8) is 0 Å². The van der Waals surface area contributed by atoms with Gasteiger partial charge in [-0.25, -0.2) is 9.67 Å². The van der Waals surface area contributed by atoms with Crippen molar-refractivity contribution in [2.75, 3.05) is 0 Å². The number of rotatable bonds is 4. The topological polar surface area (TPSA) is 59.8 Å². The van der Waals surface area contributed by atoms with Crippen LogP contribution in [0.2, 0.25) is 0 Å². The zero-order valence-corrected chi connectivity index (χ0v) is 16.4. The number of aryl methyl sites for hydroxylation is 1. The van der Waals surface area contributed by atoms with Crippen LogP contribution in [0.3, 0.4) is 0 Å². The molecule has 2 aliphatic carbocycles. The number of hydrogen-bond donors (Lipinski definition) is 1. The second-order valence-electron chi connectivity index (χ2n) is 8.57. The van der Waals surface area contributed by atoms with E-state index in [1.54, 1.807) is 0 Å². The van der Waals surface area contributed by atoms with Crippen molar-refractivity contribution >= 4 is 5.91 Å². The summed E-state index contributed by atoms with van der Waals surface area (Å²) in [5.41, 5.74) is 4.54. The molecule has 28 heavy (non-hydrogen) atoms. The monoisotopic (exact) mass is 372 g/mol. The Morgan fingerprint density at radius 1 is 1.18 bits per heavy atom. The van der Waals surface area contributed by atoms with Crippen LogP contribution in [0.15, 0.2) is 48.7 Å². The molecular weight excluding hydrogens is 348 g/mol. The highest BCUT2D eigenvalue weighted by Crippen LogP contribution is 2.57. The van der Waals surface area contributed by atoms with E-state index in [9.17, 15) is 4.79 Å². The predicted octanol–water partition coefficient (Wildman–Crippen LogP) is 3.90. The van der Waals surface area contributed by atoms with Crippen molar-refractivity contribution in [3.8, 4) is 5.82 Å². The van der Waals surface area contributed by atoms with Crippen LogP contribution in [0, 0.1) is 12.8 Å². The maximum Gasteiger partial charge on any atom is 0.272 e. The van der Waals surface area contributed by atoms with Gasteiger partial charge in [0.25, 0.3) is 5.91 Å². The first kappa shape index (κ1) is 17.2. The van der Waals surface area contributed by atoms with E-state index in [1.807, 2.05) is 74.1 Å². The Kier molecular flexibility index (Phi) is 3.69. The van der Waals surface area contributed by atoms with E-state index >= 15 is 0 Å². The SMILES string of the molecule is Cc1ccc(-n2nc(C(=O)NC(C)(C)c3ccccc3)c3c2[C@@H]2C[C@@H]2C3)nc1. The lowest BCUT2D eigenvalue weighted by Gasteiger charge is -2.26. The molecule has 2 heterocycles. The van der Waals surface area contributed by atoms with Crippen molar-refractivity contribution in [3.05, 3.63) is 76.7 Å². The van der Waals surface area contributed by atoms with Crippen LogP contribution < -0.4 is 5.32 Å². The molecule has 5 rings (SSSR count). The average molecular weight is 372 g/mol. The Labute approximate surface area is 164 Å². The molecule has 1 aromatic carbocycles. The van der Waals surface area contributed by atoms with E-state index in [0.29, 0.717) is 17.5 Å². The number of nitrogens with zero attached hydrogens (tertiary/aromatic N) is 3. The van der Waals surface area contributed by atoms with E-state index in [2.05, 4.69) is 10.3 Å². The van der Waals surface area contributed by atoms with Gasteiger partial charge in [-0.1, -0.05) is 36.4 Å². The van der Waals surface area contributed by atoms with Crippen LogP contribution >= 0.6 is 0 Å². The summed E-state index contributed by atoms with van der Waals surface area (Å²) in [4.78, 5) is 17.7. The highest BCUT2D eigenvalue weighted by molar-refractivity contribution is 5.95. The summed E-state index contributed by atoms with van der Waals surface area (Å²) >= 11 is 0. The third-order valence-electron chi connectivity index (χ3n) is 6.01. The molecule has 1 fully saturated rings. The quantitative estimate of drug-likeness (QED) is 0.756. The smallest absolute Gasteiger partial charge is 0.272 e. The fourth-order valence-corrected chi connectivity index (χ4v) is 4.33. The molecule has 142 valence electrons.